The van der Waals surface area contributed by atoms with E-state index < -0.39 is 17.6 Å². The number of carbonyl (C=O) groups excluding carboxylic acids is 2. The molecule has 32 heavy (non-hydrogen) atoms. The van der Waals surface area contributed by atoms with E-state index in [9.17, 15) is 22.8 Å². The van der Waals surface area contributed by atoms with Gasteiger partial charge in [0.25, 0.3) is 5.91 Å². The van der Waals surface area contributed by atoms with Gasteiger partial charge in [-0.05, 0) is 67.7 Å². The molecule has 2 aromatic rings. The first-order chi connectivity index (χ1) is 15.2. The number of hydrogen-bond acceptors (Lipinski definition) is 4. The van der Waals surface area contributed by atoms with E-state index in [1.54, 1.807) is 0 Å². The Morgan fingerprint density at radius 2 is 1.72 bits per heavy atom. The summed E-state index contributed by atoms with van der Waals surface area (Å²) in [6.07, 6.45) is -2.63. The summed E-state index contributed by atoms with van der Waals surface area (Å²) in [5.74, 6) is -0.738. The molecule has 2 aromatic carbocycles. The van der Waals surface area contributed by atoms with Crippen molar-refractivity contribution < 1.29 is 22.8 Å². The second kappa shape index (κ2) is 10.5. The highest BCUT2D eigenvalue weighted by atomic mass is 19.4. The molecular formula is C23H27F3N4O2. The molecule has 0 saturated carbocycles. The summed E-state index contributed by atoms with van der Waals surface area (Å²) < 4.78 is 38.3. The summed E-state index contributed by atoms with van der Waals surface area (Å²) in [6, 6.07) is 11.9. The quantitative estimate of drug-likeness (QED) is 0.569. The van der Waals surface area contributed by atoms with Crippen molar-refractivity contribution in [2.75, 3.05) is 31.9 Å². The first-order valence-corrected chi connectivity index (χ1v) is 10.5. The molecule has 0 bridgehead atoms. The molecule has 0 aliphatic carbocycles. The minimum Gasteiger partial charge on any atom is -0.399 e. The third-order valence-electron chi connectivity index (χ3n) is 5.54. The number of alkyl halides is 3. The third-order valence-corrected chi connectivity index (χ3v) is 5.54. The number of carbonyl (C=O) groups is 2. The van der Waals surface area contributed by atoms with Crippen LogP contribution in [0.3, 0.4) is 0 Å². The Morgan fingerprint density at radius 3 is 2.38 bits per heavy atom. The highest BCUT2D eigenvalue weighted by molar-refractivity contribution is 5.96. The fourth-order valence-corrected chi connectivity index (χ4v) is 3.65. The van der Waals surface area contributed by atoms with Gasteiger partial charge in [0.05, 0.1) is 12.1 Å². The number of nitrogens with one attached hydrogen (secondary N) is 2. The van der Waals surface area contributed by atoms with Crippen LogP contribution in [0.2, 0.25) is 0 Å². The molecule has 4 N–H and O–H groups in total. The topological polar surface area (TPSA) is 87.5 Å². The van der Waals surface area contributed by atoms with E-state index in [1.165, 1.54) is 11.6 Å². The average molecular weight is 448 g/mol. The van der Waals surface area contributed by atoms with E-state index >= 15 is 0 Å². The van der Waals surface area contributed by atoms with E-state index in [0.717, 1.165) is 56.4 Å². The maximum absolute atomic E-state index is 12.8. The Labute approximate surface area is 185 Å². The Hall–Kier alpha value is -3.07. The molecular weight excluding hydrogens is 421 g/mol. The van der Waals surface area contributed by atoms with Crippen LogP contribution in [0.5, 0.6) is 0 Å². The van der Waals surface area contributed by atoms with Crippen LogP contribution in [0.4, 0.5) is 18.9 Å². The predicted octanol–water partition coefficient (Wildman–Crippen LogP) is 3.05. The maximum atomic E-state index is 12.8. The standard InChI is InChI=1S/C23H27F3N4O2/c24-23(25,26)19-3-1-2-18(12-19)22(32)29-14-21(31)28-13-16-8-10-30(11-9-16)15-17-4-6-20(27)7-5-17/h1-7,12,16H,8-11,13-15,27H2,(H,28,31)(H,29,32). The highest BCUT2D eigenvalue weighted by Gasteiger charge is 2.31. The minimum atomic E-state index is -4.53. The molecule has 1 heterocycles. The Bertz CT molecular complexity index is 924. The van der Waals surface area contributed by atoms with Crippen molar-refractivity contribution in [1.29, 1.82) is 0 Å². The molecule has 0 spiro atoms. The van der Waals surface area contributed by atoms with E-state index in [1.807, 2.05) is 24.3 Å². The van der Waals surface area contributed by atoms with Gasteiger partial charge in [-0.1, -0.05) is 18.2 Å². The van der Waals surface area contributed by atoms with E-state index in [4.69, 9.17) is 5.73 Å². The lowest BCUT2D eigenvalue weighted by molar-refractivity contribution is -0.137. The summed E-state index contributed by atoms with van der Waals surface area (Å²) in [5.41, 5.74) is 6.62. The molecule has 0 unspecified atom stereocenters. The summed E-state index contributed by atoms with van der Waals surface area (Å²) in [7, 11) is 0. The van der Waals surface area contributed by atoms with E-state index in [2.05, 4.69) is 15.5 Å². The number of nitrogen functional groups attached to an aromatic ring is 1. The molecule has 3 rings (SSSR count). The van der Waals surface area contributed by atoms with E-state index in [-0.39, 0.29) is 18.0 Å². The van der Waals surface area contributed by atoms with Crippen LogP contribution in [0.25, 0.3) is 0 Å². The van der Waals surface area contributed by atoms with Crippen LogP contribution in [-0.2, 0) is 17.5 Å². The van der Waals surface area contributed by atoms with Gasteiger partial charge in [0.15, 0.2) is 0 Å². The lowest BCUT2D eigenvalue weighted by Gasteiger charge is -2.32. The Morgan fingerprint density at radius 1 is 1.03 bits per heavy atom. The van der Waals surface area contributed by atoms with Crippen molar-refractivity contribution in [2.24, 2.45) is 5.92 Å². The summed E-state index contributed by atoms with van der Waals surface area (Å²) >= 11 is 0. The lowest BCUT2D eigenvalue weighted by Crippen LogP contribution is -2.41. The minimum absolute atomic E-state index is 0.138. The number of hydrogen-bond donors (Lipinski definition) is 3. The summed E-state index contributed by atoms with van der Waals surface area (Å²) in [4.78, 5) is 26.5. The number of amides is 2. The van der Waals surface area contributed by atoms with Crippen LogP contribution in [0.1, 0.15) is 34.3 Å². The largest absolute Gasteiger partial charge is 0.416 e. The number of piperidine rings is 1. The zero-order chi connectivity index (χ0) is 23.1. The number of halogens is 3. The fraction of sp³-hybridized carbons (Fsp3) is 0.391. The number of likely N-dealkylation sites (tertiary alicyclic amines) is 1. The first-order valence-electron chi connectivity index (χ1n) is 10.5. The number of rotatable bonds is 7. The van der Waals surface area contributed by atoms with Crippen molar-refractivity contribution in [3.8, 4) is 0 Å². The van der Waals surface area contributed by atoms with Gasteiger partial charge >= 0.3 is 6.18 Å². The molecule has 9 heteroatoms. The van der Waals surface area contributed by atoms with Crippen LogP contribution < -0.4 is 16.4 Å². The second-order valence-corrected chi connectivity index (χ2v) is 8.03. The number of nitrogens with zero attached hydrogens (tertiary/aromatic N) is 1. The van der Waals surface area contributed by atoms with Crippen molar-refractivity contribution in [3.63, 3.8) is 0 Å². The molecule has 1 aliphatic rings. The van der Waals surface area contributed by atoms with Gasteiger partial charge in [-0.2, -0.15) is 13.2 Å². The maximum Gasteiger partial charge on any atom is 0.416 e. The zero-order valence-corrected chi connectivity index (χ0v) is 17.6. The van der Waals surface area contributed by atoms with Crippen molar-refractivity contribution >= 4 is 17.5 Å². The molecule has 1 saturated heterocycles. The third kappa shape index (κ3) is 6.98. The zero-order valence-electron chi connectivity index (χ0n) is 17.6. The molecule has 1 fully saturated rings. The molecule has 2 amide bonds. The summed E-state index contributed by atoms with van der Waals surface area (Å²) in [5, 5.41) is 5.17. The van der Waals surface area contributed by atoms with Crippen LogP contribution >= 0.6 is 0 Å². The van der Waals surface area contributed by atoms with E-state index in [0.29, 0.717) is 12.5 Å². The van der Waals surface area contributed by atoms with Crippen LogP contribution in [-0.4, -0.2) is 42.9 Å². The number of anilines is 1. The Kier molecular flexibility index (Phi) is 7.74. The van der Waals surface area contributed by atoms with Gasteiger partial charge in [-0.15, -0.1) is 0 Å². The highest BCUT2D eigenvalue weighted by Crippen LogP contribution is 2.29. The van der Waals surface area contributed by atoms with Crippen LogP contribution in [0, 0.1) is 5.92 Å². The SMILES string of the molecule is Nc1ccc(CN2CCC(CNC(=O)CNC(=O)c3cccc(C(F)(F)F)c3)CC2)cc1. The smallest absolute Gasteiger partial charge is 0.399 e. The molecule has 172 valence electrons. The number of nitrogens with two attached hydrogens (primary N) is 1. The number of benzene rings is 2. The first kappa shape index (κ1) is 23.6. The Balaban J connectivity index is 1.36. The molecule has 6 nitrogen and oxygen atoms in total. The molecule has 0 radical (unpaired) electrons. The average Bonchev–Trinajstić information content (AvgIpc) is 2.78. The van der Waals surface area contributed by atoms with Gasteiger partial charge in [0.1, 0.15) is 0 Å². The molecule has 0 aromatic heterocycles. The van der Waals surface area contributed by atoms with Gasteiger partial charge in [0.2, 0.25) is 5.91 Å². The normalized spacial score (nSPS) is 15.3. The predicted molar refractivity (Wildman–Crippen MR) is 116 cm³/mol. The molecule has 0 atom stereocenters. The molecule has 1 aliphatic heterocycles. The van der Waals surface area contributed by atoms with Crippen LogP contribution in [0.15, 0.2) is 48.5 Å². The fourth-order valence-electron chi connectivity index (χ4n) is 3.65. The van der Waals surface area contributed by atoms with Crippen molar-refractivity contribution in [3.05, 3.63) is 65.2 Å². The van der Waals surface area contributed by atoms with Gasteiger partial charge in [0, 0.05) is 24.3 Å². The van der Waals surface area contributed by atoms with Gasteiger partial charge in [-0.25, -0.2) is 0 Å². The van der Waals surface area contributed by atoms with Gasteiger partial charge in [-0.3, -0.25) is 14.5 Å². The lowest BCUT2D eigenvalue weighted by atomic mass is 9.96. The van der Waals surface area contributed by atoms with Crippen molar-refractivity contribution in [1.82, 2.24) is 15.5 Å². The summed E-state index contributed by atoms with van der Waals surface area (Å²) in [6.45, 7) is 2.94. The van der Waals surface area contributed by atoms with Gasteiger partial charge < -0.3 is 16.4 Å². The monoisotopic (exact) mass is 448 g/mol. The van der Waals surface area contributed by atoms with Crippen molar-refractivity contribution in [2.45, 2.75) is 25.6 Å². The second-order valence-electron chi connectivity index (χ2n) is 8.03.